The molecule has 3 rings (SSSR count). The standard InChI is InChI=1S/C14H17N3OS/c18-14-10-17(9-13-2-1-5-19-13)8-11(14)6-12-7-15-3-4-16-12/h1-5,7,11,14,18H,6,8-10H2/t11-,14-/m1/s1. The van der Waals surface area contributed by atoms with Crippen molar-refractivity contribution in [3.63, 3.8) is 0 Å². The van der Waals surface area contributed by atoms with Gasteiger partial charge in [-0.1, -0.05) is 6.07 Å². The van der Waals surface area contributed by atoms with Gasteiger partial charge in [0.25, 0.3) is 0 Å². The van der Waals surface area contributed by atoms with Crippen LogP contribution in [0.5, 0.6) is 0 Å². The molecule has 5 heteroatoms. The molecule has 0 spiro atoms. The fourth-order valence-electron chi connectivity index (χ4n) is 2.60. The summed E-state index contributed by atoms with van der Waals surface area (Å²) in [5, 5.41) is 12.3. The molecule has 2 aromatic rings. The highest BCUT2D eigenvalue weighted by Gasteiger charge is 2.31. The Kier molecular flexibility index (Phi) is 3.87. The van der Waals surface area contributed by atoms with Gasteiger partial charge in [0.1, 0.15) is 0 Å². The van der Waals surface area contributed by atoms with Crippen molar-refractivity contribution in [3.05, 3.63) is 46.7 Å². The third-order valence-electron chi connectivity index (χ3n) is 3.53. The van der Waals surface area contributed by atoms with Crippen molar-refractivity contribution in [1.82, 2.24) is 14.9 Å². The van der Waals surface area contributed by atoms with Crippen molar-refractivity contribution in [1.29, 1.82) is 0 Å². The summed E-state index contributed by atoms with van der Waals surface area (Å²) < 4.78 is 0. The first kappa shape index (κ1) is 12.7. The molecule has 3 heterocycles. The molecule has 0 radical (unpaired) electrons. The van der Waals surface area contributed by atoms with Crippen LogP contribution in [0.2, 0.25) is 0 Å². The zero-order valence-electron chi connectivity index (χ0n) is 10.6. The van der Waals surface area contributed by atoms with Crippen LogP contribution in [0.1, 0.15) is 10.6 Å². The Bertz CT molecular complexity index is 503. The van der Waals surface area contributed by atoms with Gasteiger partial charge < -0.3 is 5.11 Å². The quantitative estimate of drug-likeness (QED) is 0.920. The first-order valence-electron chi connectivity index (χ1n) is 6.49. The molecule has 0 unspecified atom stereocenters. The molecule has 19 heavy (non-hydrogen) atoms. The minimum absolute atomic E-state index is 0.261. The zero-order valence-corrected chi connectivity index (χ0v) is 11.5. The number of thiophene rings is 1. The van der Waals surface area contributed by atoms with Crippen LogP contribution in [0.25, 0.3) is 0 Å². The number of nitrogens with zero attached hydrogens (tertiary/aromatic N) is 3. The third-order valence-corrected chi connectivity index (χ3v) is 4.39. The highest BCUT2D eigenvalue weighted by molar-refractivity contribution is 7.09. The Balaban J connectivity index is 1.59. The first-order chi connectivity index (χ1) is 9.31. The SMILES string of the molecule is O[C@@H]1CN(Cc2cccs2)C[C@H]1Cc1cnccn1. The summed E-state index contributed by atoms with van der Waals surface area (Å²) >= 11 is 1.77. The van der Waals surface area contributed by atoms with Gasteiger partial charge in [-0.05, 0) is 17.9 Å². The lowest BCUT2D eigenvalue weighted by Gasteiger charge is -2.14. The van der Waals surface area contributed by atoms with Crippen molar-refractivity contribution in [3.8, 4) is 0 Å². The highest BCUT2D eigenvalue weighted by Crippen LogP contribution is 2.23. The van der Waals surface area contributed by atoms with E-state index in [1.165, 1.54) is 4.88 Å². The molecule has 100 valence electrons. The van der Waals surface area contributed by atoms with Crippen LogP contribution >= 0.6 is 11.3 Å². The molecule has 1 aliphatic heterocycles. The summed E-state index contributed by atoms with van der Waals surface area (Å²) in [6, 6.07) is 4.22. The molecule has 0 saturated carbocycles. The van der Waals surface area contributed by atoms with Gasteiger partial charge in [0, 0.05) is 49.0 Å². The van der Waals surface area contributed by atoms with E-state index < -0.39 is 0 Å². The van der Waals surface area contributed by atoms with E-state index >= 15 is 0 Å². The van der Waals surface area contributed by atoms with E-state index in [9.17, 15) is 5.11 Å². The summed E-state index contributed by atoms with van der Waals surface area (Å²) in [4.78, 5) is 12.0. The average Bonchev–Trinajstić information content (AvgIpc) is 3.02. The van der Waals surface area contributed by atoms with Gasteiger partial charge in [0.15, 0.2) is 0 Å². The number of aliphatic hydroxyl groups excluding tert-OH is 1. The van der Waals surface area contributed by atoms with Crippen molar-refractivity contribution in [2.75, 3.05) is 13.1 Å². The molecule has 2 aromatic heterocycles. The van der Waals surface area contributed by atoms with Crippen LogP contribution in [0.3, 0.4) is 0 Å². The van der Waals surface area contributed by atoms with Gasteiger partial charge in [-0.25, -0.2) is 0 Å². The summed E-state index contributed by atoms with van der Waals surface area (Å²) in [5.74, 6) is 0.261. The maximum Gasteiger partial charge on any atom is 0.0711 e. The summed E-state index contributed by atoms with van der Waals surface area (Å²) in [6.07, 6.45) is 5.71. The second kappa shape index (κ2) is 5.77. The normalized spacial score (nSPS) is 23.8. The molecule has 4 nitrogen and oxygen atoms in total. The number of likely N-dealkylation sites (tertiary alicyclic amines) is 1. The van der Waals surface area contributed by atoms with Gasteiger partial charge in [0.05, 0.1) is 11.8 Å². The lowest BCUT2D eigenvalue weighted by Crippen LogP contribution is -2.20. The smallest absolute Gasteiger partial charge is 0.0711 e. The van der Waals surface area contributed by atoms with Crippen molar-refractivity contribution >= 4 is 11.3 Å². The van der Waals surface area contributed by atoms with Gasteiger partial charge in [-0.2, -0.15) is 0 Å². The van der Waals surface area contributed by atoms with Crippen LogP contribution in [-0.2, 0) is 13.0 Å². The maximum atomic E-state index is 10.2. The van der Waals surface area contributed by atoms with Crippen LogP contribution in [0, 0.1) is 5.92 Å². The Hall–Kier alpha value is -1.30. The van der Waals surface area contributed by atoms with Gasteiger partial charge >= 0.3 is 0 Å². The lowest BCUT2D eigenvalue weighted by molar-refractivity contribution is 0.140. The van der Waals surface area contributed by atoms with Gasteiger partial charge in [-0.3, -0.25) is 14.9 Å². The second-order valence-corrected chi connectivity index (χ2v) is 6.03. The molecule has 1 N–H and O–H groups in total. The maximum absolute atomic E-state index is 10.2. The summed E-state index contributed by atoms with van der Waals surface area (Å²) in [6.45, 7) is 2.62. The van der Waals surface area contributed by atoms with E-state index in [0.717, 1.165) is 31.7 Å². The Labute approximate surface area is 116 Å². The molecule has 1 aliphatic rings. The van der Waals surface area contributed by atoms with E-state index in [4.69, 9.17) is 0 Å². The predicted octanol–water partition coefficient (Wildman–Crippen LogP) is 1.57. The van der Waals surface area contributed by atoms with Crippen molar-refractivity contribution < 1.29 is 5.11 Å². The number of hydrogen-bond donors (Lipinski definition) is 1. The average molecular weight is 275 g/mol. The van der Waals surface area contributed by atoms with E-state index in [0.29, 0.717) is 0 Å². The fourth-order valence-corrected chi connectivity index (χ4v) is 3.34. The number of rotatable bonds is 4. The molecule has 0 amide bonds. The van der Waals surface area contributed by atoms with E-state index in [2.05, 4.69) is 32.4 Å². The summed E-state index contributed by atoms with van der Waals surface area (Å²) in [5.41, 5.74) is 0.963. The Morgan fingerprint density at radius 3 is 3.05 bits per heavy atom. The predicted molar refractivity (Wildman–Crippen MR) is 74.8 cm³/mol. The van der Waals surface area contributed by atoms with Crippen molar-refractivity contribution in [2.24, 2.45) is 5.92 Å². The number of β-amino-alcohol motifs (C(OH)–C–C–N with tert-alkyl or cyclic N) is 1. The Morgan fingerprint density at radius 2 is 2.32 bits per heavy atom. The minimum Gasteiger partial charge on any atom is -0.391 e. The lowest BCUT2D eigenvalue weighted by atomic mass is 10.0. The highest BCUT2D eigenvalue weighted by atomic mass is 32.1. The van der Waals surface area contributed by atoms with Gasteiger partial charge in [0.2, 0.25) is 0 Å². The summed E-state index contributed by atoms with van der Waals surface area (Å²) in [7, 11) is 0. The molecule has 0 aromatic carbocycles. The zero-order chi connectivity index (χ0) is 13.1. The van der Waals surface area contributed by atoms with E-state index in [1.54, 1.807) is 29.9 Å². The number of aliphatic hydroxyl groups is 1. The number of aromatic nitrogens is 2. The molecule has 0 bridgehead atoms. The second-order valence-electron chi connectivity index (χ2n) is 5.00. The molecule has 1 saturated heterocycles. The van der Waals surface area contributed by atoms with Crippen molar-refractivity contribution in [2.45, 2.75) is 19.1 Å². The van der Waals surface area contributed by atoms with Crippen LogP contribution < -0.4 is 0 Å². The van der Waals surface area contributed by atoms with Gasteiger partial charge in [-0.15, -0.1) is 11.3 Å². The first-order valence-corrected chi connectivity index (χ1v) is 7.37. The molecular weight excluding hydrogens is 258 g/mol. The van der Waals surface area contributed by atoms with E-state index in [1.807, 2.05) is 0 Å². The van der Waals surface area contributed by atoms with Crippen LogP contribution in [0.4, 0.5) is 0 Å². The van der Waals surface area contributed by atoms with Crippen LogP contribution in [0.15, 0.2) is 36.1 Å². The molecule has 0 aliphatic carbocycles. The molecular formula is C14H17N3OS. The molecule has 1 fully saturated rings. The Morgan fingerprint density at radius 1 is 1.37 bits per heavy atom. The third kappa shape index (κ3) is 3.18. The molecule has 2 atom stereocenters. The topological polar surface area (TPSA) is 49.2 Å². The largest absolute Gasteiger partial charge is 0.391 e. The van der Waals surface area contributed by atoms with E-state index in [-0.39, 0.29) is 12.0 Å². The fraction of sp³-hybridized carbons (Fsp3) is 0.429. The minimum atomic E-state index is -0.262. The number of hydrogen-bond acceptors (Lipinski definition) is 5. The van der Waals surface area contributed by atoms with Crippen LogP contribution in [-0.4, -0.2) is 39.2 Å². The monoisotopic (exact) mass is 275 g/mol.